The molecule has 2 aromatic carbocycles. The van der Waals surface area contributed by atoms with Gasteiger partial charge < -0.3 is 10.2 Å². The number of hydrogen-bond acceptors (Lipinski definition) is 3. The van der Waals surface area contributed by atoms with Crippen LogP contribution in [0.3, 0.4) is 0 Å². The lowest BCUT2D eigenvalue weighted by Crippen LogP contribution is -2.40. The summed E-state index contributed by atoms with van der Waals surface area (Å²) in [7, 11) is 0. The Morgan fingerprint density at radius 2 is 1.67 bits per heavy atom. The zero-order chi connectivity index (χ0) is 24.2. The number of anilines is 1. The van der Waals surface area contributed by atoms with Crippen molar-refractivity contribution in [3.05, 3.63) is 77.5 Å². The van der Waals surface area contributed by atoms with Crippen molar-refractivity contribution in [1.29, 1.82) is 0 Å². The van der Waals surface area contributed by atoms with Crippen molar-refractivity contribution in [3.63, 3.8) is 0 Å². The maximum Gasteiger partial charge on any atom is 0.254 e. The van der Waals surface area contributed by atoms with Crippen molar-refractivity contribution in [2.45, 2.75) is 47.0 Å². The number of aryl methyl sites for hydroxylation is 1. The third-order valence-electron chi connectivity index (χ3n) is 5.25. The van der Waals surface area contributed by atoms with Gasteiger partial charge in [0.05, 0.1) is 11.4 Å². The SMILES string of the molecule is Cc1ccc(-n2nc(C(C)(C)C)cc2NC(=O)CN(CC(C)C)C(=O)c2ccccc2)cc1. The first kappa shape index (κ1) is 24.2. The maximum atomic E-state index is 13.1. The highest BCUT2D eigenvalue weighted by atomic mass is 16.2. The molecule has 6 heteroatoms. The summed E-state index contributed by atoms with van der Waals surface area (Å²) < 4.78 is 1.75. The van der Waals surface area contributed by atoms with Crippen molar-refractivity contribution in [3.8, 4) is 5.69 Å². The molecule has 0 saturated carbocycles. The van der Waals surface area contributed by atoms with E-state index in [1.165, 1.54) is 0 Å². The van der Waals surface area contributed by atoms with Crippen molar-refractivity contribution in [2.75, 3.05) is 18.4 Å². The van der Waals surface area contributed by atoms with E-state index in [0.717, 1.165) is 16.9 Å². The van der Waals surface area contributed by atoms with Crippen LogP contribution in [0.5, 0.6) is 0 Å². The lowest BCUT2D eigenvalue weighted by atomic mass is 9.92. The van der Waals surface area contributed by atoms with Gasteiger partial charge in [-0.25, -0.2) is 4.68 Å². The van der Waals surface area contributed by atoms with Gasteiger partial charge in [0.1, 0.15) is 12.4 Å². The number of nitrogens with one attached hydrogen (secondary N) is 1. The van der Waals surface area contributed by atoms with E-state index in [-0.39, 0.29) is 29.7 Å². The molecule has 33 heavy (non-hydrogen) atoms. The molecule has 1 heterocycles. The second-order valence-electron chi connectivity index (χ2n) is 9.91. The van der Waals surface area contributed by atoms with Crippen molar-refractivity contribution in [1.82, 2.24) is 14.7 Å². The van der Waals surface area contributed by atoms with E-state index in [1.54, 1.807) is 21.7 Å². The van der Waals surface area contributed by atoms with Gasteiger partial charge in [-0.3, -0.25) is 9.59 Å². The van der Waals surface area contributed by atoms with Crippen molar-refractivity contribution < 1.29 is 9.59 Å². The fraction of sp³-hybridized carbons (Fsp3) is 0.370. The average molecular weight is 447 g/mol. The van der Waals surface area contributed by atoms with Crippen molar-refractivity contribution >= 4 is 17.6 Å². The first-order valence-electron chi connectivity index (χ1n) is 11.4. The minimum atomic E-state index is -0.256. The molecule has 1 N–H and O–H groups in total. The van der Waals surface area contributed by atoms with Crippen LogP contribution in [0.2, 0.25) is 0 Å². The van der Waals surface area contributed by atoms with E-state index < -0.39 is 0 Å². The van der Waals surface area contributed by atoms with E-state index in [9.17, 15) is 9.59 Å². The molecular formula is C27H34N4O2. The van der Waals surface area contributed by atoms with Crippen LogP contribution >= 0.6 is 0 Å². The van der Waals surface area contributed by atoms with Crippen LogP contribution in [0, 0.1) is 12.8 Å². The number of carbonyl (C=O) groups excluding carboxylic acids is 2. The van der Waals surface area contributed by atoms with Crippen LogP contribution in [-0.2, 0) is 10.2 Å². The smallest absolute Gasteiger partial charge is 0.254 e. The Balaban J connectivity index is 1.86. The minimum absolute atomic E-state index is 0.0319. The second kappa shape index (κ2) is 10.0. The highest BCUT2D eigenvalue weighted by Crippen LogP contribution is 2.26. The summed E-state index contributed by atoms with van der Waals surface area (Å²) in [4.78, 5) is 27.7. The van der Waals surface area contributed by atoms with Gasteiger partial charge in [0, 0.05) is 23.6 Å². The summed E-state index contributed by atoms with van der Waals surface area (Å²) in [6, 6.07) is 19.0. The predicted molar refractivity (Wildman–Crippen MR) is 133 cm³/mol. The summed E-state index contributed by atoms with van der Waals surface area (Å²) in [6.07, 6.45) is 0. The van der Waals surface area contributed by atoms with Gasteiger partial charge in [-0.1, -0.05) is 70.5 Å². The molecule has 0 bridgehead atoms. The average Bonchev–Trinajstić information content (AvgIpc) is 3.17. The van der Waals surface area contributed by atoms with E-state index in [4.69, 9.17) is 5.10 Å². The third kappa shape index (κ3) is 6.31. The molecule has 0 unspecified atom stereocenters. The first-order chi connectivity index (χ1) is 15.5. The monoisotopic (exact) mass is 446 g/mol. The molecule has 6 nitrogen and oxygen atoms in total. The molecule has 1 aromatic heterocycles. The molecule has 0 fully saturated rings. The Morgan fingerprint density at radius 3 is 2.24 bits per heavy atom. The molecule has 0 aliphatic heterocycles. The van der Waals surface area contributed by atoms with E-state index >= 15 is 0 Å². The molecule has 0 aliphatic carbocycles. The molecule has 0 saturated heterocycles. The third-order valence-corrected chi connectivity index (χ3v) is 5.25. The van der Waals surface area contributed by atoms with E-state index in [0.29, 0.717) is 17.9 Å². The van der Waals surface area contributed by atoms with Crippen LogP contribution < -0.4 is 5.32 Å². The highest BCUT2D eigenvalue weighted by Gasteiger charge is 2.24. The molecule has 3 aromatic rings. The van der Waals surface area contributed by atoms with Crippen LogP contribution in [0.25, 0.3) is 5.69 Å². The lowest BCUT2D eigenvalue weighted by molar-refractivity contribution is -0.117. The van der Waals surface area contributed by atoms with Crippen LogP contribution in [0.4, 0.5) is 5.82 Å². The van der Waals surface area contributed by atoms with Gasteiger partial charge in [-0.15, -0.1) is 0 Å². The molecular weight excluding hydrogens is 412 g/mol. The number of nitrogens with zero attached hydrogens (tertiary/aromatic N) is 3. The summed E-state index contributed by atoms with van der Waals surface area (Å²) in [5.41, 5.74) is 3.29. The topological polar surface area (TPSA) is 67.2 Å². The standard InChI is InChI=1S/C27H34N4O2/c1-19(2)17-30(26(33)21-10-8-7-9-11-21)18-25(32)28-24-16-23(27(4,5)6)29-31(24)22-14-12-20(3)13-15-22/h7-16,19H,17-18H2,1-6H3,(H,28,32). The lowest BCUT2D eigenvalue weighted by Gasteiger charge is -2.24. The van der Waals surface area contributed by atoms with E-state index in [2.05, 4.69) is 26.1 Å². The molecule has 0 radical (unpaired) electrons. The Kier molecular flexibility index (Phi) is 7.36. The Morgan fingerprint density at radius 1 is 1.03 bits per heavy atom. The van der Waals surface area contributed by atoms with Gasteiger partial charge in [0.2, 0.25) is 5.91 Å². The highest BCUT2D eigenvalue weighted by molar-refractivity contribution is 5.99. The van der Waals surface area contributed by atoms with Gasteiger partial charge in [-0.05, 0) is 37.1 Å². The second-order valence-corrected chi connectivity index (χ2v) is 9.91. The van der Waals surface area contributed by atoms with Gasteiger partial charge in [0.25, 0.3) is 5.91 Å². The van der Waals surface area contributed by atoms with Crippen LogP contribution in [0.15, 0.2) is 60.7 Å². The first-order valence-corrected chi connectivity index (χ1v) is 11.4. The van der Waals surface area contributed by atoms with Gasteiger partial charge in [0.15, 0.2) is 0 Å². The minimum Gasteiger partial charge on any atom is -0.329 e. The van der Waals surface area contributed by atoms with Gasteiger partial charge in [-0.2, -0.15) is 5.10 Å². The Bertz CT molecular complexity index is 1090. The number of hydrogen-bond donors (Lipinski definition) is 1. The normalized spacial score (nSPS) is 11.5. The summed E-state index contributed by atoms with van der Waals surface area (Å²) in [5, 5.41) is 7.76. The summed E-state index contributed by atoms with van der Waals surface area (Å²) in [6.45, 7) is 12.8. The quantitative estimate of drug-likeness (QED) is 0.541. The maximum absolute atomic E-state index is 13.1. The molecule has 2 amide bonds. The molecule has 0 atom stereocenters. The fourth-order valence-electron chi connectivity index (χ4n) is 3.50. The molecule has 0 aliphatic rings. The Labute approximate surface area is 196 Å². The Hall–Kier alpha value is -3.41. The predicted octanol–water partition coefficient (Wildman–Crippen LogP) is 5.22. The van der Waals surface area contributed by atoms with Crippen LogP contribution in [-0.4, -0.2) is 39.6 Å². The molecule has 3 rings (SSSR count). The summed E-state index contributed by atoms with van der Waals surface area (Å²) >= 11 is 0. The number of carbonyl (C=O) groups is 2. The zero-order valence-corrected chi connectivity index (χ0v) is 20.4. The molecule has 174 valence electrons. The zero-order valence-electron chi connectivity index (χ0n) is 20.4. The largest absolute Gasteiger partial charge is 0.329 e. The molecule has 0 spiro atoms. The number of amides is 2. The number of rotatable bonds is 7. The van der Waals surface area contributed by atoms with Crippen molar-refractivity contribution in [2.24, 2.45) is 5.92 Å². The number of aromatic nitrogens is 2. The summed E-state index contributed by atoms with van der Waals surface area (Å²) in [5.74, 6) is 0.414. The van der Waals surface area contributed by atoms with E-state index in [1.807, 2.05) is 69.3 Å². The number of benzene rings is 2. The van der Waals surface area contributed by atoms with Crippen LogP contribution in [0.1, 0.15) is 56.2 Å². The fourth-order valence-corrected chi connectivity index (χ4v) is 3.50. The van der Waals surface area contributed by atoms with Gasteiger partial charge >= 0.3 is 0 Å².